The van der Waals surface area contributed by atoms with Crippen molar-refractivity contribution in [3.05, 3.63) is 35.9 Å². The van der Waals surface area contributed by atoms with E-state index < -0.39 is 0 Å². The Morgan fingerprint density at radius 3 is 2.36 bits per heavy atom. The molecule has 0 unspecified atom stereocenters. The molecule has 2 N–H and O–H groups in total. The largest absolute Gasteiger partial charge is 0.396 e. The molecule has 2 nitrogen and oxygen atoms in total. The molecule has 14 heavy (non-hydrogen) atoms. The van der Waals surface area contributed by atoms with E-state index in [0.29, 0.717) is 6.04 Å². The molecule has 0 aliphatic rings. The van der Waals surface area contributed by atoms with Gasteiger partial charge in [-0.1, -0.05) is 44.2 Å². The molecule has 1 rings (SSSR count). The Balaban J connectivity index is 2.67. The molecule has 1 atom stereocenters. The minimum atomic E-state index is 0.222. The summed E-state index contributed by atoms with van der Waals surface area (Å²) in [5, 5.41) is 12.4. The summed E-state index contributed by atoms with van der Waals surface area (Å²) >= 11 is 0. The average molecular weight is 193 g/mol. The molecule has 0 heterocycles. The Kier molecular flexibility index (Phi) is 4.63. The number of rotatable bonds is 5. The highest BCUT2D eigenvalue weighted by Gasteiger charge is 2.10. The second-order valence-electron chi connectivity index (χ2n) is 3.80. The van der Waals surface area contributed by atoms with E-state index >= 15 is 0 Å². The van der Waals surface area contributed by atoms with Crippen LogP contribution in [0.15, 0.2) is 30.3 Å². The maximum atomic E-state index is 8.97. The number of benzene rings is 1. The van der Waals surface area contributed by atoms with Gasteiger partial charge in [0.2, 0.25) is 0 Å². The molecule has 1 aromatic carbocycles. The summed E-state index contributed by atoms with van der Waals surface area (Å²) in [6.45, 7) is 4.46. The van der Waals surface area contributed by atoms with Crippen molar-refractivity contribution < 1.29 is 5.11 Å². The minimum Gasteiger partial charge on any atom is -0.396 e. The molecule has 0 fully saturated rings. The summed E-state index contributed by atoms with van der Waals surface area (Å²) in [6, 6.07) is 11.0. The molecule has 0 spiro atoms. The van der Waals surface area contributed by atoms with E-state index in [2.05, 4.69) is 31.3 Å². The third-order valence-corrected chi connectivity index (χ3v) is 2.15. The molecule has 0 radical (unpaired) electrons. The quantitative estimate of drug-likeness (QED) is 0.750. The third-order valence-electron chi connectivity index (χ3n) is 2.15. The first kappa shape index (κ1) is 11.2. The SMILES string of the molecule is CC(C)N[C@H](CCO)c1ccccc1. The van der Waals surface area contributed by atoms with Crippen LogP contribution in [0.4, 0.5) is 0 Å². The van der Waals surface area contributed by atoms with Crippen LogP contribution in [-0.4, -0.2) is 17.8 Å². The van der Waals surface area contributed by atoms with Crippen molar-refractivity contribution in [3.8, 4) is 0 Å². The van der Waals surface area contributed by atoms with Crippen LogP contribution in [0.1, 0.15) is 31.9 Å². The van der Waals surface area contributed by atoms with Gasteiger partial charge in [-0.3, -0.25) is 0 Å². The van der Waals surface area contributed by atoms with Gasteiger partial charge in [-0.2, -0.15) is 0 Å². The van der Waals surface area contributed by atoms with Crippen LogP contribution in [0.25, 0.3) is 0 Å². The van der Waals surface area contributed by atoms with Gasteiger partial charge in [0.15, 0.2) is 0 Å². The van der Waals surface area contributed by atoms with Gasteiger partial charge >= 0.3 is 0 Å². The van der Waals surface area contributed by atoms with Crippen molar-refractivity contribution in [2.45, 2.75) is 32.4 Å². The number of aliphatic hydroxyl groups is 1. The maximum absolute atomic E-state index is 8.97. The van der Waals surface area contributed by atoms with Crippen LogP contribution in [0.3, 0.4) is 0 Å². The first-order valence-corrected chi connectivity index (χ1v) is 5.16. The van der Waals surface area contributed by atoms with Gasteiger partial charge in [-0.25, -0.2) is 0 Å². The van der Waals surface area contributed by atoms with Gasteiger partial charge in [0.05, 0.1) is 0 Å². The predicted octanol–water partition coefficient (Wildman–Crippen LogP) is 2.11. The average Bonchev–Trinajstić information content (AvgIpc) is 2.18. The Bertz CT molecular complexity index is 246. The molecule has 0 saturated heterocycles. The van der Waals surface area contributed by atoms with Crippen molar-refractivity contribution in [1.82, 2.24) is 5.32 Å². The number of hydrogen-bond acceptors (Lipinski definition) is 2. The highest BCUT2D eigenvalue weighted by molar-refractivity contribution is 5.18. The normalized spacial score (nSPS) is 13.1. The van der Waals surface area contributed by atoms with E-state index in [0.717, 1.165) is 6.42 Å². The molecule has 0 aliphatic heterocycles. The number of nitrogens with one attached hydrogen (secondary N) is 1. The van der Waals surface area contributed by atoms with E-state index in [1.54, 1.807) is 0 Å². The van der Waals surface area contributed by atoms with Crippen molar-refractivity contribution >= 4 is 0 Å². The molecular weight excluding hydrogens is 174 g/mol. The fraction of sp³-hybridized carbons (Fsp3) is 0.500. The Hall–Kier alpha value is -0.860. The van der Waals surface area contributed by atoms with Crippen LogP contribution in [0, 0.1) is 0 Å². The van der Waals surface area contributed by atoms with Gasteiger partial charge in [-0.15, -0.1) is 0 Å². The van der Waals surface area contributed by atoms with Crippen molar-refractivity contribution in [1.29, 1.82) is 0 Å². The van der Waals surface area contributed by atoms with E-state index in [1.807, 2.05) is 18.2 Å². The molecule has 0 aliphatic carbocycles. The maximum Gasteiger partial charge on any atom is 0.0449 e. The van der Waals surface area contributed by atoms with E-state index in [4.69, 9.17) is 5.11 Å². The van der Waals surface area contributed by atoms with Gasteiger partial charge in [0.25, 0.3) is 0 Å². The third kappa shape index (κ3) is 3.48. The molecule has 0 saturated carbocycles. The topological polar surface area (TPSA) is 32.3 Å². The summed E-state index contributed by atoms with van der Waals surface area (Å²) in [4.78, 5) is 0. The zero-order valence-corrected chi connectivity index (χ0v) is 8.90. The first-order chi connectivity index (χ1) is 6.74. The lowest BCUT2D eigenvalue weighted by atomic mass is 10.0. The lowest BCUT2D eigenvalue weighted by Crippen LogP contribution is -2.28. The molecule has 0 amide bonds. The molecule has 0 bridgehead atoms. The second-order valence-corrected chi connectivity index (χ2v) is 3.80. The van der Waals surface area contributed by atoms with E-state index in [-0.39, 0.29) is 12.6 Å². The fourth-order valence-electron chi connectivity index (χ4n) is 1.56. The highest BCUT2D eigenvalue weighted by Crippen LogP contribution is 2.16. The molecule has 1 aromatic rings. The Morgan fingerprint density at radius 2 is 1.86 bits per heavy atom. The second kappa shape index (κ2) is 5.78. The zero-order valence-electron chi connectivity index (χ0n) is 8.90. The predicted molar refractivity (Wildman–Crippen MR) is 59.2 cm³/mol. The molecule has 0 aromatic heterocycles. The first-order valence-electron chi connectivity index (χ1n) is 5.16. The summed E-state index contributed by atoms with van der Waals surface area (Å²) in [5.41, 5.74) is 1.25. The summed E-state index contributed by atoms with van der Waals surface area (Å²) < 4.78 is 0. The summed E-state index contributed by atoms with van der Waals surface area (Å²) in [7, 11) is 0. The van der Waals surface area contributed by atoms with Crippen LogP contribution >= 0.6 is 0 Å². The van der Waals surface area contributed by atoms with Crippen LogP contribution < -0.4 is 5.32 Å². The van der Waals surface area contributed by atoms with Crippen molar-refractivity contribution in [3.63, 3.8) is 0 Å². The zero-order chi connectivity index (χ0) is 10.4. The van der Waals surface area contributed by atoms with Crippen molar-refractivity contribution in [2.75, 3.05) is 6.61 Å². The van der Waals surface area contributed by atoms with E-state index in [9.17, 15) is 0 Å². The molecule has 78 valence electrons. The van der Waals surface area contributed by atoms with E-state index in [1.165, 1.54) is 5.56 Å². The lowest BCUT2D eigenvalue weighted by Gasteiger charge is -2.20. The van der Waals surface area contributed by atoms with Gasteiger partial charge in [-0.05, 0) is 12.0 Å². The van der Waals surface area contributed by atoms with Crippen LogP contribution in [-0.2, 0) is 0 Å². The standard InChI is InChI=1S/C12H19NO/c1-10(2)13-12(8-9-14)11-6-4-3-5-7-11/h3-7,10,12-14H,8-9H2,1-2H3/t12-/m1/s1. The Labute approximate surface area is 86.0 Å². The van der Waals surface area contributed by atoms with Crippen LogP contribution in [0.2, 0.25) is 0 Å². The molecule has 2 heteroatoms. The van der Waals surface area contributed by atoms with Gasteiger partial charge in [0, 0.05) is 18.7 Å². The highest BCUT2D eigenvalue weighted by atomic mass is 16.3. The Morgan fingerprint density at radius 1 is 1.21 bits per heavy atom. The van der Waals surface area contributed by atoms with Gasteiger partial charge < -0.3 is 10.4 Å². The fourth-order valence-corrected chi connectivity index (χ4v) is 1.56. The molecular formula is C12H19NO. The van der Waals surface area contributed by atoms with Crippen LogP contribution in [0.5, 0.6) is 0 Å². The van der Waals surface area contributed by atoms with Gasteiger partial charge in [0.1, 0.15) is 0 Å². The monoisotopic (exact) mass is 193 g/mol. The lowest BCUT2D eigenvalue weighted by molar-refractivity contribution is 0.261. The number of hydrogen-bond donors (Lipinski definition) is 2. The summed E-state index contributed by atoms with van der Waals surface area (Å²) in [5.74, 6) is 0. The number of aliphatic hydroxyl groups excluding tert-OH is 1. The smallest absolute Gasteiger partial charge is 0.0449 e. The minimum absolute atomic E-state index is 0.222. The van der Waals surface area contributed by atoms with Crippen molar-refractivity contribution in [2.24, 2.45) is 0 Å². The summed E-state index contributed by atoms with van der Waals surface area (Å²) in [6.07, 6.45) is 0.766.